The fourth-order valence-corrected chi connectivity index (χ4v) is 4.35. The summed E-state index contributed by atoms with van der Waals surface area (Å²) in [6.45, 7) is 0. The monoisotopic (exact) mass is 294 g/mol. The molecule has 11 heavy (non-hydrogen) atoms. The van der Waals surface area contributed by atoms with E-state index in [1.165, 1.54) is 6.07 Å². The van der Waals surface area contributed by atoms with E-state index in [-0.39, 0.29) is 9.23 Å². The van der Waals surface area contributed by atoms with Crippen molar-refractivity contribution < 1.29 is 8.42 Å². The van der Waals surface area contributed by atoms with Gasteiger partial charge in [-0.1, -0.05) is 11.6 Å². The zero-order valence-electron chi connectivity index (χ0n) is 4.84. The summed E-state index contributed by atoms with van der Waals surface area (Å²) in [6, 6.07) is 1.37. The zero-order chi connectivity index (χ0) is 8.65. The molecule has 2 nitrogen and oxygen atoms in total. The molecule has 0 aliphatic rings. The van der Waals surface area contributed by atoms with Gasteiger partial charge in [-0.15, -0.1) is 11.3 Å². The van der Waals surface area contributed by atoms with Gasteiger partial charge in [-0.05, 0) is 22.0 Å². The molecule has 0 atom stereocenters. The van der Waals surface area contributed by atoms with Crippen molar-refractivity contribution in [3.63, 3.8) is 0 Å². The van der Waals surface area contributed by atoms with E-state index in [1.54, 1.807) is 0 Å². The van der Waals surface area contributed by atoms with Gasteiger partial charge in [0.15, 0.2) is 0 Å². The maximum atomic E-state index is 10.7. The van der Waals surface area contributed by atoms with Gasteiger partial charge in [0.05, 0.1) is 3.79 Å². The molecule has 1 rings (SSSR count). The van der Waals surface area contributed by atoms with E-state index in [2.05, 4.69) is 15.9 Å². The Bertz CT molecular complexity index is 369. The largest absolute Gasteiger partial charge is 0.263 e. The smallest absolute Gasteiger partial charge is 0.207 e. The van der Waals surface area contributed by atoms with Crippen LogP contribution in [0.1, 0.15) is 0 Å². The first kappa shape index (κ1) is 9.80. The van der Waals surface area contributed by atoms with Crippen LogP contribution in [0, 0.1) is 0 Å². The van der Waals surface area contributed by atoms with Crippen molar-refractivity contribution in [1.82, 2.24) is 0 Å². The van der Waals surface area contributed by atoms with Gasteiger partial charge < -0.3 is 0 Å². The van der Waals surface area contributed by atoms with Crippen molar-refractivity contribution in [2.24, 2.45) is 0 Å². The van der Waals surface area contributed by atoms with E-state index in [4.69, 9.17) is 22.3 Å². The molecule has 0 aliphatic carbocycles. The molecule has 0 saturated heterocycles. The van der Waals surface area contributed by atoms with Gasteiger partial charge >= 0.3 is 0 Å². The summed E-state index contributed by atoms with van der Waals surface area (Å²) in [4.78, 5) is -0.0438. The molecule has 0 aliphatic heterocycles. The predicted molar refractivity (Wildman–Crippen MR) is 50.1 cm³/mol. The fraction of sp³-hybridized carbons (Fsp3) is 0. The molecular formula is C4HBrCl2O2S2. The van der Waals surface area contributed by atoms with Gasteiger partial charge in [-0.3, -0.25) is 0 Å². The molecular weight excluding hydrogens is 295 g/mol. The molecule has 0 radical (unpaired) electrons. The molecule has 7 heteroatoms. The van der Waals surface area contributed by atoms with Crippen molar-refractivity contribution >= 4 is 58.6 Å². The summed E-state index contributed by atoms with van der Waals surface area (Å²) >= 11 is 9.76. The Hall–Kier alpha value is 0.710. The predicted octanol–water partition coefficient (Wildman–Crippen LogP) is 3.09. The lowest BCUT2D eigenvalue weighted by molar-refractivity contribution is 0.610. The third-order valence-corrected chi connectivity index (χ3v) is 4.34. The lowest BCUT2D eigenvalue weighted by Gasteiger charge is -1.87. The van der Waals surface area contributed by atoms with Crippen molar-refractivity contribution in [3.05, 3.63) is 14.2 Å². The standard InChI is InChI=1S/C4HBrCl2O2S2/c5-3-1-2(4(6)10-3)11(7,8)9/h1H. The Morgan fingerprint density at radius 3 is 2.27 bits per heavy atom. The second kappa shape index (κ2) is 3.22. The van der Waals surface area contributed by atoms with Crippen LogP contribution in [-0.4, -0.2) is 8.42 Å². The van der Waals surface area contributed by atoms with Crippen LogP contribution >= 0.6 is 49.6 Å². The Balaban J connectivity index is 3.36. The van der Waals surface area contributed by atoms with Crippen LogP contribution in [0.3, 0.4) is 0 Å². The molecule has 0 bridgehead atoms. The maximum absolute atomic E-state index is 10.7. The number of hydrogen-bond donors (Lipinski definition) is 0. The minimum atomic E-state index is -3.69. The third-order valence-electron chi connectivity index (χ3n) is 0.888. The minimum Gasteiger partial charge on any atom is -0.207 e. The molecule has 0 amide bonds. The maximum Gasteiger partial charge on any atom is 0.263 e. The molecule has 1 heterocycles. The summed E-state index contributed by atoms with van der Waals surface area (Å²) in [5.74, 6) is 0. The van der Waals surface area contributed by atoms with E-state index >= 15 is 0 Å². The van der Waals surface area contributed by atoms with E-state index in [0.717, 1.165) is 11.3 Å². The van der Waals surface area contributed by atoms with Crippen LogP contribution < -0.4 is 0 Å². The van der Waals surface area contributed by atoms with Crippen LogP contribution in [0.25, 0.3) is 0 Å². The minimum absolute atomic E-state index is 0.0438. The summed E-state index contributed by atoms with van der Waals surface area (Å²) in [6.07, 6.45) is 0. The van der Waals surface area contributed by atoms with E-state index < -0.39 is 9.05 Å². The first-order valence-corrected chi connectivity index (χ1v) is 6.60. The molecule has 0 spiro atoms. The second-order valence-corrected chi connectivity index (χ2v) is 7.19. The topological polar surface area (TPSA) is 34.1 Å². The summed E-state index contributed by atoms with van der Waals surface area (Å²) in [7, 11) is 1.36. The van der Waals surface area contributed by atoms with E-state index in [9.17, 15) is 8.42 Å². The van der Waals surface area contributed by atoms with Crippen LogP contribution in [0.5, 0.6) is 0 Å². The number of halogens is 3. The molecule has 0 N–H and O–H groups in total. The zero-order valence-corrected chi connectivity index (χ0v) is 9.58. The van der Waals surface area contributed by atoms with Crippen LogP contribution in [0.4, 0.5) is 0 Å². The van der Waals surface area contributed by atoms with Crippen molar-refractivity contribution in [2.75, 3.05) is 0 Å². The molecule has 0 fully saturated rings. The van der Waals surface area contributed by atoms with E-state index in [1.807, 2.05) is 0 Å². The average molecular weight is 296 g/mol. The Kier molecular flexibility index (Phi) is 2.87. The van der Waals surface area contributed by atoms with Crippen LogP contribution in [0.2, 0.25) is 4.34 Å². The molecule has 0 unspecified atom stereocenters. The second-order valence-electron chi connectivity index (χ2n) is 1.63. The van der Waals surface area contributed by atoms with Crippen LogP contribution in [0.15, 0.2) is 14.7 Å². The lowest BCUT2D eigenvalue weighted by atomic mass is 10.7. The van der Waals surface area contributed by atoms with Gasteiger partial charge in [-0.2, -0.15) is 0 Å². The Labute approximate surface area is 85.7 Å². The van der Waals surface area contributed by atoms with E-state index in [0.29, 0.717) is 3.79 Å². The molecule has 0 aromatic carbocycles. The molecule has 1 aromatic rings. The fourth-order valence-electron chi connectivity index (χ4n) is 0.491. The van der Waals surface area contributed by atoms with Gasteiger partial charge in [0.2, 0.25) is 0 Å². The average Bonchev–Trinajstić information content (AvgIpc) is 2.08. The number of hydrogen-bond acceptors (Lipinski definition) is 3. The van der Waals surface area contributed by atoms with Crippen LogP contribution in [-0.2, 0) is 9.05 Å². The van der Waals surface area contributed by atoms with Crippen molar-refractivity contribution in [1.29, 1.82) is 0 Å². The molecule has 1 aromatic heterocycles. The highest BCUT2D eigenvalue weighted by Crippen LogP contribution is 2.35. The quantitative estimate of drug-likeness (QED) is 0.746. The van der Waals surface area contributed by atoms with Crippen molar-refractivity contribution in [3.8, 4) is 0 Å². The Morgan fingerprint density at radius 1 is 1.55 bits per heavy atom. The third kappa shape index (κ3) is 2.32. The highest BCUT2D eigenvalue weighted by Gasteiger charge is 2.17. The van der Waals surface area contributed by atoms with Crippen molar-refractivity contribution in [2.45, 2.75) is 4.90 Å². The first-order chi connectivity index (χ1) is 4.91. The molecule has 62 valence electrons. The SMILES string of the molecule is O=S(=O)(Cl)c1cc(Br)sc1Cl. The highest BCUT2D eigenvalue weighted by molar-refractivity contribution is 9.11. The first-order valence-electron chi connectivity index (χ1n) is 2.31. The number of thiophene rings is 1. The van der Waals surface area contributed by atoms with Gasteiger partial charge in [-0.25, -0.2) is 8.42 Å². The van der Waals surface area contributed by atoms with Gasteiger partial charge in [0.1, 0.15) is 9.23 Å². The highest BCUT2D eigenvalue weighted by atomic mass is 79.9. The summed E-state index contributed by atoms with van der Waals surface area (Å²) in [5, 5.41) is 0. The normalized spacial score (nSPS) is 11.9. The number of rotatable bonds is 1. The molecule has 0 saturated carbocycles. The van der Waals surface area contributed by atoms with Gasteiger partial charge in [0.25, 0.3) is 9.05 Å². The summed E-state index contributed by atoms with van der Waals surface area (Å²) < 4.78 is 22.3. The van der Waals surface area contributed by atoms with Gasteiger partial charge in [0, 0.05) is 10.7 Å². The lowest BCUT2D eigenvalue weighted by Crippen LogP contribution is -1.86. The summed E-state index contributed by atoms with van der Waals surface area (Å²) in [5.41, 5.74) is 0. The Morgan fingerprint density at radius 2 is 2.09 bits per heavy atom.